The molecule has 0 radical (unpaired) electrons. The number of hydrogen-bond acceptors (Lipinski definition) is 5. The number of urea groups is 1. The fraction of sp³-hybridized carbons (Fsp3) is 0.278. The van der Waals surface area contributed by atoms with Gasteiger partial charge < -0.3 is 21.1 Å². The standard InChI is InChI=1S/C18H22N4O3/c1-18(11-16(23)25-2,15-8-3-4-9-20-15)22-17(24)21-14-7-5-6-13(10-14)12-19/h3-10H,11-12,19H2,1-2H3,(H2,21,22,24). The molecule has 2 aromatic rings. The summed E-state index contributed by atoms with van der Waals surface area (Å²) in [7, 11) is 1.31. The zero-order valence-corrected chi connectivity index (χ0v) is 14.3. The van der Waals surface area contributed by atoms with Gasteiger partial charge in [0.15, 0.2) is 0 Å². The number of methoxy groups -OCH3 is 1. The van der Waals surface area contributed by atoms with Crippen molar-refractivity contribution in [1.29, 1.82) is 0 Å². The molecule has 2 rings (SSSR count). The number of amides is 2. The number of carbonyl (C=O) groups is 2. The largest absolute Gasteiger partial charge is 0.469 e. The smallest absolute Gasteiger partial charge is 0.319 e. The van der Waals surface area contributed by atoms with E-state index in [0.717, 1.165) is 5.56 Å². The van der Waals surface area contributed by atoms with E-state index < -0.39 is 17.5 Å². The van der Waals surface area contributed by atoms with E-state index in [1.54, 1.807) is 43.5 Å². The molecule has 0 saturated carbocycles. The molecule has 0 fully saturated rings. The number of pyridine rings is 1. The molecule has 0 aliphatic rings. The van der Waals surface area contributed by atoms with Crippen molar-refractivity contribution in [3.8, 4) is 0 Å². The second-order valence-corrected chi connectivity index (χ2v) is 5.78. The van der Waals surface area contributed by atoms with Crippen LogP contribution in [-0.2, 0) is 21.6 Å². The number of aromatic nitrogens is 1. The Labute approximate surface area is 146 Å². The number of rotatable bonds is 6. The number of benzene rings is 1. The summed E-state index contributed by atoms with van der Waals surface area (Å²) in [6.07, 6.45) is 1.56. The number of anilines is 1. The lowest BCUT2D eigenvalue weighted by molar-refractivity contribution is -0.142. The number of ether oxygens (including phenoxy) is 1. The van der Waals surface area contributed by atoms with Gasteiger partial charge in [0.25, 0.3) is 0 Å². The van der Waals surface area contributed by atoms with Crippen LogP contribution in [0.2, 0.25) is 0 Å². The summed E-state index contributed by atoms with van der Waals surface area (Å²) in [4.78, 5) is 28.5. The van der Waals surface area contributed by atoms with Crippen LogP contribution in [0.4, 0.5) is 10.5 Å². The van der Waals surface area contributed by atoms with Crippen LogP contribution < -0.4 is 16.4 Å². The Morgan fingerprint density at radius 1 is 1.24 bits per heavy atom. The van der Waals surface area contributed by atoms with Crippen LogP contribution in [0.5, 0.6) is 0 Å². The van der Waals surface area contributed by atoms with Crippen LogP contribution >= 0.6 is 0 Å². The minimum atomic E-state index is -1.01. The van der Waals surface area contributed by atoms with Gasteiger partial charge in [0.05, 0.1) is 24.8 Å². The highest BCUT2D eigenvalue weighted by Crippen LogP contribution is 2.23. The normalized spacial score (nSPS) is 12.8. The molecule has 0 spiro atoms. The molecule has 2 amide bonds. The third-order valence-electron chi connectivity index (χ3n) is 3.77. The predicted octanol–water partition coefficient (Wildman–Crippen LogP) is 2.14. The maximum Gasteiger partial charge on any atom is 0.319 e. The van der Waals surface area contributed by atoms with Gasteiger partial charge in [-0.1, -0.05) is 18.2 Å². The molecule has 1 atom stereocenters. The first-order valence-corrected chi connectivity index (χ1v) is 7.83. The fourth-order valence-electron chi connectivity index (χ4n) is 2.44. The number of hydrogen-bond donors (Lipinski definition) is 3. The van der Waals surface area contributed by atoms with Crippen LogP contribution in [0.25, 0.3) is 0 Å². The SMILES string of the molecule is COC(=O)CC(C)(NC(=O)Nc1cccc(CN)c1)c1ccccn1. The van der Waals surface area contributed by atoms with Gasteiger partial charge >= 0.3 is 12.0 Å². The number of esters is 1. The predicted molar refractivity (Wildman–Crippen MR) is 94.7 cm³/mol. The Kier molecular flexibility index (Phi) is 6.08. The molecule has 132 valence electrons. The molecular weight excluding hydrogens is 320 g/mol. The van der Waals surface area contributed by atoms with Crippen molar-refractivity contribution in [3.05, 3.63) is 59.9 Å². The second-order valence-electron chi connectivity index (χ2n) is 5.78. The quantitative estimate of drug-likeness (QED) is 0.697. The van der Waals surface area contributed by atoms with Crippen molar-refractivity contribution in [2.75, 3.05) is 12.4 Å². The van der Waals surface area contributed by atoms with E-state index >= 15 is 0 Å². The van der Waals surface area contributed by atoms with E-state index in [0.29, 0.717) is 17.9 Å². The van der Waals surface area contributed by atoms with Gasteiger partial charge in [-0.05, 0) is 36.8 Å². The highest BCUT2D eigenvalue weighted by Gasteiger charge is 2.33. The summed E-state index contributed by atoms with van der Waals surface area (Å²) in [5.74, 6) is -0.446. The highest BCUT2D eigenvalue weighted by atomic mass is 16.5. The van der Waals surface area contributed by atoms with Crippen LogP contribution in [0.15, 0.2) is 48.7 Å². The molecular formula is C18H22N4O3. The summed E-state index contributed by atoms with van der Waals surface area (Å²) in [6, 6.07) is 12.1. The zero-order chi connectivity index (χ0) is 18.3. The number of nitrogens with one attached hydrogen (secondary N) is 2. The summed E-state index contributed by atoms with van der Waals surface area (Å²) in [6.45, 7) is 2.10. The Morgan fingerprint density at radius 3 is 2.68 bits per heavy atom. The molecule has 0 aliphatic heterocycles. The average molecular weight is 342 g/mol. The van der Waals surface area contributed by atoms with Gasteiger partial charge in [-0.15, -0.1) is 0 Å². The lowest BCUT2D eigenvalue weighted by Crippen LogP contribution is -2.47. The van der Waals surface area contributed by atoms with E-state index in [1.165, 1.54) is 7.11 Å². The molecule has 4 N–H and O–H groups in total. The second kappa shape index (κ2) is 8.25. The topological polar surface area (TPSA) is 106 Å². The third kappa shape index (κ3) is 5.02. The van der Waals surface area contributed by atoms with Gasteiger partial charge in [-0.2, -0.15) is 0 Å². The maximum atomic E-state index is 12.4. The fourth-order valence-corrected chi connectivity index (χ4v) is 2.44. The van der Waals surface area contributed by atoms with Crippen molar-refractivity contribution in [1.82, 2.24) is 10.3 Å². The summed E-state index contributed by atoms with van der Waals surface area (Å²) in [5, 5.41) is 5.56. The maximum absolute atomic E-state index is 12.4. The van der Waals surface area contributed by atoms with Gasteiger partial charge in [-0.25, -0.2) is 4.79 Å². The van der Waals surface area contributed by atoms with Crippen LogP contribution in [-0.4, -0.2) is 24.1 Å². The van der Waals surface area contributed by atoms with Crippen LogP contribution in [0, 0.1) is 0 Å². The molecule has 1 aromatic heterocycles. The molecule has 7 heteroatoms. The van der Waals surface area contributed by atoms with Gasteiger partial charge in [0.1, 0.15) is 0 Å². The molecule has 0 bridgehead atoms. The monoisotopic (exact) mass is 342 g/mol. The first kappa shape index (κ1) is 18.4. The Morgan fingerprint density at radius 2 is 2.04 bits per heavy atom. The summed E-state index contributed by atoms with van der Waals surface area (Å²) >= 11 is 0. The Hall–Kier alpha value is -2.93. The minimum absolute atomic E-state index is 0.0449. The van der Waals surface area contributed by atoms with E-state index in [-0.39, 0.29) is 6.42 Å². The Bertz CT molecular complexity index is 736. The van der Waals surface area contributed by atoms with E-state index in [2.05, 4.69) is 15.6 Å². The minimum Gasteiger partial charge on any atom is -0.469 e. The zero-order valence-electron chi connectivity index (χ0n) is 14.3. The van der Waals surface area contributed by atoms with Crippen molar-refractivity contribution in [3.63, 3.8) is 0 Å². The van der Waals surface area contributed by atoms with Crippen LogP contribution in [0.3, 0.4) is 0 Å². The number of nitrogens with zero attached hydrogens (tertiary/aromatic N) is 1. The molecule has 1 aromatic carbocycles. The van der Waals surface area contributed by atoms with E-state index in [1.807, 2.05) is 12.1 Å². The molecule has 0 saturated heterocycles. The van der Waals surface area contributed by atoms with E-state index in [9.17, 15) is 9.59 Å². The Balaban J connectivity index is 2.18. The van der Waals surface area contributed by atoms with Crippen molar-refractivity contribution in [2.24, 2.45) is 5.73 Å². The molecule has 1 heterocycles. The van der Waals surface area contributed by atoms with Crippen molar-refractivity contribution < 1.29 is 14.3 Å². The third-order valence-corrected chi connectivity index (χ3v) is 3.77. The van der Waals surface area contributed by atoms with Crippen molar-refractivity contribution >= 4 is 17.7 Å². The van der Waals surface area contributed by atoms with Gasteiger partial charge in [0.2, 0.25) is 0 Å². The molecule has 25 heavy (non-hydrogen) atoms. The highest BCUT2D eigenvalue weighted by molar-refractivity contribution is 5.90. The molecule has 7 nitrogen and oxygen atoms in total. The number of nitrogens with two attached hydrogens (primary N) is 1. The molecule has 0 aliphatic carbocycles. The lowest BCUT2D eigenvalue weighted by Gasteiger charge is -2.29. The van der Waals surface area contributed by atoms with Gasteiger partial charge in [0, 0.05) is 18.4 Å². The van der Waals surface area contributed by atoms with E-state index in [4.69, 9.17) is 10.5 Å². The first-order chi connectivity index (χ1) is 12.0. The summed E-state index contributed by atoms with van der Waals surface area (Å²) < 4.78 is 4.75. The van der Waals surface area contributed by atoms with Crippen molar-refractivity contribution in [2.45, 2.75) is 25.4 Å². The number of carbonyl (C=O) groups excluding carboxylic acids is 2. The van der Waals surface area contributed by atoms with Gasteiger partial charge in [-0.3, -0.25) is 9.78 Å². The first-order valence-electron chi connectivity index (χ1n) is 7.83. The lowest BCUT2D eigenvalue weighted by atomic mass is 9.93. The average Bonchev–Trinajstić information content (AvgIpc) is 2.62. The molecule has 1 unspecified atom stereocenters. The van der Waals surface area contributed by atoms with Crippen LogP contribution in [0.1, 0.15) is 24.6 Å². The summed E-state index contributed by atoms with van der Waals surface area (Å²) in [5.41, 5.74) is 6.68.